The van der Waals surface area contributed by atoms with Crippen LogP contribution in [0.5, 0.6) is 0 Å². The highest BCUT2D eigenvalue weighted by Crippen LogP contribution is 2.27. The molecular weight excluding hydrogens is 220 g/mol. The van der Waals surface area contributed by atoms with Gasteiger partial charge in [0, 0.05) is 0 Å². The van der Waals surface area contributed by atoms with Crippen molar-refractivity contribution in [2.24, 2.45) is 5.92 Å². The second-order valence-electron chi connectivity index (χ2n) is 3.88. The van der Waals surface area contributed by atoms with E-state index in [1.54, 1.807) is 0 Å². The van der Waals surface area contributed by atoms with Gasteiger partial charge in [0.1, 0.15) is 0 Å². The summed E-state index contributed by atoms with van der Waals surface area (Å²) in [5, 5.41) is 9.21. The van der Waals surface area contributed by atoms with Gasteiger partial charge in [-0.3, -0.25) is 0 Å². The monoisotopic (exact) mass is 234 g/mol. The van der Waals surface area contributed by atoms with Gasteiger partial charge in [-0.15, -0.1) is 0 Å². The van der Waals surface area contributed by atoms with Crippen molar-refractivity contribution in [3.05, 3.63) is 42.0 Å². The molecule has 2 nitrogen and oxygen atoms in total. The van der Waals surface area contributed by atoms with Gasteiger partial charge in [-0.2, -0.15) is 11.8 Å². The van der Waals surface area contributed by atoms with Crippen LogP contribution in [-0.2, 0) is 4.79 Å². The van der Waals surface area contributed by atoms with E-state index in [9.17, 15) is 9.90 Å². The summed E-state index contributed by atoms with van der Waals surface area (Å²) in [6, 6.07) is 9.34. The zero-order chi connectivity index (χ0) is 11.4. The van der Waals surface area contributed by atoms with Crippen LogP contribution in [0, 0.1) is 5.92 Å². The van der Waals surface area contributed by atoms with Crippen molar-refractivity contribution in [1.29, 1.82) is 0 Å². The smallest absolute Gasteiger partial charge is 0.335 e. The molecule has 84 valence electrons. The number of allylic oxidation sites excluding steroid dienone is 1. The van der Waals surface area contributed by atoms with Crippen molar-refractivity contribution < 1.29 is 9.90 Å². The Morgan fingerprint density at radius 2 is 2.12 bits per heavy atom. The van der Waals surface area contributed by atoms with Crippen LogP contribution in [0.25, 0.3) is 5.57 Å². The fourth-order valence-electron chi connectivity index (χ4n) is 1.83. The van der Waals surface area contributed by atoms with Crippen molar-refractivity contribution in [2.45, 2.75) is 6.42 Å². The van der Waals surface area contributed by atoms with Gasteiger partial charge in [0.15, 0.2) is 0 Å². The number of thioether (sulfide) groups is 1. The maximum atomic E-state index is 11.2. The lowest BCUT2D eigenvalue weighted by Gasteiger charge is -2.06. The Morgan fingerprint density at radius 1 is 1.38 bits per heavy atom. The highest BCUT2D eigenvalue weighted by atomic mass is 32.2. The molecule has 1 unspecified atom stereocenters. The first-order valence-corrected chi connectivity index (χ1v) is 6.51. The average Bonchev–Trinajstić information content (AvgIpc) is 2.79. The molecule has 2 rings (SSSR count). The molecule has 1 N–H and O–H groups in total. The first kappa shape index (κ1) is 11.3. The lowest BCUT2D eigenvalue weighted by atomic mass is 9.99. The number of carbonyl (C=O) groups is 1. The predicted octanol–water partition coefficient (Wildman–Crippen LogP) is 2.91. The topological polar surface area (TPSA) is 37.3 Å². The van der Waals surface area contributed by atoms with Gasteiger partial charge in [-0.05, 0) is 29.4 Å². The van der Waals surface area contributed by atoms with E-state index in [0.717, 1.165) is 23.5 Å². The minimum atomic E-state index is -0.830. The maximum absolute atomic E-state index is 11.2. The van der Waals surface area contributed by atoms with E-state index in [0.29, 0.717) is 11.5 Å². The number of carboxylic acids is 1. The number of benzene rings is 1. The second-order valence-corrected chi connectivity index (χ2v) is 5.03. The Balaban J connectivity index is 2.26. The first-order chi connectivity index (χ1) is 7.77. The molecule has 1 atom stereocenters. The molecule has 16 heavy (non-hydrogen) atoms. The summed E-state index contributed by atoms with van der Waals surface area (Å²) in [6.45, 7) is 0. The van der Waals surface area contributed by atoms with Gasteiger partial charge < -0.3 is 5.11 Å². The molecule has 1 aliphatic heterocycles. The van der Waals surface area contributed by atoms with Crippen LogP contribution in [0.2, 0.25) is 0 Å². The molecule has 1 aliphatic rings. The standard InChI is InChI=1S/C13H14O2S/c14-13(15)12(8-10-6-7-16-9-10)11-4-2-1-3-5-11/h1-5,8,10H,6-7,9H2,(H,14,15)/b12-8+. The molecule has 3 heteroatoms. The summed E-state index contributed by atoms with van der Waals surface area (Å²) in [7, 11) is 0. The molecule has 0 aliphatic carbocycles. The van der Waals surface area contributed by atoms with Crippen molar-refractivity contribution in [3.8, 4) is 0 Å². The third-order valence-corrected chi connectivity index (χ3v) is 3.87. The third-order valence-electron chi connectivity index (χ3n) is 2.68. The van der Waals surface area contributed by atoms with Gasteiger partial charge in [-0.25, -0.2) is 4.79 Å². The number of carboxylic acid groups (broad SMARTS) is 1. The summed E-state index contributed by atoms with van der Waals surface area (Å²) in [4.78, 5) is 11.2. The Morgan fingerprint density at radius 3 is 2.69 bits per heavy atom. The summed E-state index contributed by atoms with van der Waals surface area (Å²) in [5.41, 5.74) is 1.24. The zero-order valence-corrected chi connectivity index (χ0v) is 9.74. The number of hydrogen-bond donors (Lipinski definition) is 1. The van der Waals surface area contributed by atoms with E-state index in [1.165, 1.54) is 0 Å². The Labute approximate surface area is 99.4 Å². The number of aliphatic carboxylic acids is 1. The molecule has 0 saturated carbocycles. The van der Waals surface area contributed by atoms with Crippen LogP contribution in [0.3, 0.4) is 0 Å². The quantitative estimate of drug-likeness (QED) is 0.817. The summed E-state index contributed by atoms with van der Waals surface area (Å²) in [5.74, 6) is 1.77. The van der Waals surface area contributed by atoms with Gasteiger partial charge in [-0.1, -0.05) is 36.4 Å². The SMILES string of the molecule is O=C(O)/C(=C/C1CCSC1)c1ccccc1. The van der Waals surface area contributed by atoms with Crippen LogP contribution >= 0.6 is 11.8 Å². The van der Waals surface area contributed by atoms with Crippen molar-refractivity contribution in [1.82, 2.24) is 0 Å². The molecule has 0 spiro atoms. The van der Waals surface area contributed by atoms with Crippen LogP contribution < -0.4 is 0 Å². The van der Waals surface area contributed by atoms with Gasteiger partial charge in [0.05, 0.1) is 5.57 Å². The average molecular weight is 234 g/mol. The van der Waals surface area contributed by atoms with Gasteiger partial charge in [0.2, 0.25) is 0 Å². The van der Waals surface area contributed by atoms with Gasteiger partial charge in [0.25, 0.3) is 0 Å². The predicted molar refractivity (Wildman–Crippen MR) is 67.5 cm³/mol. The normalized spacial score (nSPS) is 21.0. The molecule has 0 amide bonds. The van der Waals surface area contributed by atoms with Crippen LogP contribution in [-0.4, -0.2) is 22.6 Å². The molecule has 1 heterocycles. The number of hydrogen-bond acceptors (Lipinski definition) is 2. The molecule has 1 aromatic rings. The molecule has 0 radical (unpaired) electrons. The fraction of sp³-hybridized carbons (Fsp3) is 0.308. The number of rotatable bonds is 3. The van der Waals surface area contributed by atoms with Crippen LogP contribution in [0.1, 0.15) is 12.0 Å². The van der Waals surface area contributed by atoms with Crippen LogP contribution in [0.4, 0.5) is 0 Å². The second kappa shape index (κ2) is 5.21. The van der Waals surface area contributed by atoms with E-state index < -0.39 is 5.97 Å². The van der Waals surface area contributed by atoms with E-state index in [-0.39, 0.29) is 0 Å². The summed E-state index contributed by atoms with van der Waals surface area (Å²) >= 11 is 1.89. The van der Waals surface area contributed by atoms with Crippen LogP contribution in [0.15, 0.2) is 36.4 Å². The molecule has 1 fully saturated rings. The first-order valence-electron chi connectivity index (χ1n) is 5.35. The Kier molecular flexibility index (Phi) is 3.67. The minimum Gasteiger partial charge on any atom is -0.478 e. The highest BCUT2D eigenvalue weighted by molar-refractivity contribution is 7.99. The van der Waals surface area contributed by atoms with Crippen molar-refractivity contribution in [2.75, 3.05) is 11.5 Å². The summed E-state index contributed by atoms with van der Waals surface area (Å²) in [6.07, 6.45) is 3.01. The van der Waals surface area contributed by atoms with Gasteiger partial charge >= 0.3 is 5.97 Å². The van der Waals surface area contributed by atoms with Crippen molar-refractivity contribution in [3.63, 3.8) is 0 Å². The van der Waals surface area contributed by atoms with E-state index in [2.05, 4.69) is 0 Å². The highest BCUT2D eigenvalue weighted by Gasteiger charge is 2.17. The van der Waals surface area contributed by atoms with E-state index in [1.807, 2.05) is 48.2 Å². The zero-order valence-electron chi connectivity index (χ0n) is 8.93. The van der Waals surface area contributed by atoms with Crippen molar-refractivity contribution >= 4 is 23.3 Å². The third kappa shape index (κ3) is 2.67. The lowest BCUT2D eigenvalue weighted by molar-refractivity contribution is -0.130. The van der Waals surface area contributed by atoms with E-state index >= 15 is 0 Å². The maximum Gasteiger partial charge on any atom is 0.335 e. The lowest BCUT2D eigenvalue weighted by Crippen LogP contribution is -2.03. The molecule has 1 saturated heterocycles. The summed E-state index contributed by atoms with van der Waals surface area (Å²) < 4.78 is 0. The molecule has 1 aromatic carbocycles. The minimum absolute atomic E-state index is 0.413. The Bertz CT molecular complexity index is 392. The van der Waals surface area contributed by atoms with E-state index in [4.69, 9.17) is 0 Å². The Hall–Kier alpha value is -1.22. The fourth-order valence-corrected chi connectivity index (χ4v) is 3.03. The molecule has 0 bridgehead atoms. The molecule has 0 aromatic heterocycles. The largest absolute Gasteiger partial charge is 0.478 e. The molecular formula is C13H14O2S.